The van der Waals surface area contributed by atoms with Gasteiger partial charge in [-0.05, 0) is 43.2 Å². The van der Waals surface area contributed by atoms with Crippen LogP contribution in [0.4, 0.5) is 10.1 Å². The molecule has 0 saturated heterocycles. The van der Waals surface area contributed by atoms with Crippen molar-refractivity contribution in [2.24, 2.45) is 0 Å². The fraction of sp³-hybridized carbons (Fsp3) is 0.214. The minimum absolute atomic E-state index is 0.0413. The van der Waals surface area contributed by atoms with E-state index in [1.807, 2.05) is 6.92 Å². The number of rotatable bonds is 4. The second kappa shape index (κ2) is 5.79. The van der Waals surface area contributed by atoms with E-state index < -0.39 is 15.8 Å². The Morgan fingerprint density at radius 2 is 2.05 bits per heavy atom. The second-order valence-corrected chi connectivity index (χ2v) is 6.49. The molecule has 5 nitrogen and oxygen atoms in total. The first kappa shape index (κ1) is 15.4. The summed E-state index contributed by atoms with van der Waals surface area (Å²) < 4.78 is 40.6. The number of aryl methyl sites for hydroxylation is 1. The average molecular weight is 309 g/mol. The van der Waals surface area contributed by atoms with Crippen LogP contribution in [-0.4, -0.2) is 13.4 Å². The maximum absolute atomic E-state index is 13.6. The fourth-order valence-corrected chi connectivity index (χ4v) is 3.18. The monoisotopic (exact) mass is 309 g/mol. The highest BCUT2D eigenvalue weighted by Crippen LogP contribution is 2.22. The van der Waals surface area contributed by atoms with Crippen molar-refractivity contribution in [2.45, 2.75) is 25.3 Å². The lowest BCUT2D eigenvalue weighted by molar-refractivity contribution is 0.574. The molecule has 112 valence electrons. The van der Waals surface area contributed by atoms with Gasteiger partial charge in [-0.2, -0.15) is 0 Å². The maximum Gasteiger partial charge on any atom is 0.241 e. The number of nitrogens with zero attached hydrogens (tertiary/aromatic N) is 1. The molecule has 21 heavy (non-hydrogen) atoms. The van der Waals surface area contributed by atoms with Crippen molar-refractivity contribution in [1.29, 1.82) is 0 Å². The molecule has 2 rings (SSSR count). The van der Waals surface area contributed by atoms with Crippen LogP contribution in [0.3, 0.4) is 0 Å². The van der Waals surface area contributed by atoms with Crippen LogP contribution < -0.4 is 10.5 Å². The zero-order valence-corrected chi connectivity index (χ0v) is 12.5. The number of hydrogen-bond donors (Lipinski definition) is 2. The van der Waals surface area contributed by atoms with Crippen molar-refractivity contribution in [3.8, 4) is 0 Å². The largest absolute Gasteiger partial charge is 0.399 e. The number of nitrogens with two attached hydrogens (primary N) is 1. The minimum atomic E-state index is -3.85. The van der Waals surface area contributed by atoms with Crippen molar-refractivity contribution in [2.75, 3.05) is 5.73 Å². The summed E-state index contributed by atoms with van der Waals surface area (Å²) in [4.78, 5) is 3.80. The quantitative estimate of drug-likeness (QED) is 0.845. The molecule has 0 radical (unpaired) electrons. The van der Waals surface area contributed by atoms with Gasteiger partial charge >= 0.3 is 0 Å². The SMILES string of the molecule is Cc1ccncc1CNS(=O)(=O)c1cc(N)cc(F)c1C. The molecule has 1 aromatic carbocycles. The number of anilines is 1. The first-order chi connectivity index (χ1) is 9.81. The predicted molar refractivity (Wildman–Crippen MR) is 78.5 cm³/mol. The van der Waals surface area contributed by atoms with Gasteiger partial charge in [-0.25, -0.2) is 17.5 Å². The van der Waals surface area contributed by atoms with E-state index in [1.165, 1.54) is 13.0 Å². The molecule has 1 aromatic heterocycles. The minimum Gasteiger partial charge on any atom is -0.399 e. The number of pyridine rings is 1. The lowest BCUT2D eigenvalue weighted by atomic mass is 10.2. The molecule has 7 heteroatoms. The Morgan fingerprint density at radius 1 is 1.33 bits per heavy atom. The van der Waals surface area contributed by atoms with Crippen LogP contribution >= 0.6 is 0 Å². The van der Waals surface area contributed by atoms with Crippen LogP contribution in [-0.2, 0) is 16.6 Å². The second-order valence-electron chi connectivity index (χ2n) is 4.75. The summed E-state index contributed by atoms with van der Waals surface area (Å²) in [6.45, 7) is 3.34. The molecule has 1 heterocycles. The van der Waals surface area contributed by atoms with Crippen molar-refractivity contribution >= 4 is 15.7 Å². The number of aromatic nitrogens is 1. The highest BCUT2D eigenvalue weighted by molar-refractivity contribution is 7.89. The third-order valence-corrected chi connectivity index (χ3v) is 4.74. The summed E-state index contributed by atoms with van der Waals surface area (Å²) in [5.41, 5.74) is 7.29. The number of sulfonamides is 1. The van der Waals surface area contributed by atoms with Gasteiger partial charge in [0.1, 0.15) is 5.82 Å². The Hall–Kier alpha value is -1.99. The van der Waals surface area contributed by atoms with E-state index in [-0.39, 0.29) is 22.7 Å². The maximum atomic E-state index is 13.6. The van der Waals surface area contributed by atoms with Gasteiger partial charge < -0.3 is 5.73 Å². The summed E-state index contributed by atoms with van der Waals surface area (Å²) in [7, 11) is -3.85. The van der Waals surface area contributed by atoms with Gasteiger partial charge in [0.2, 0.25) is 10.0 Å². The van der Waals surface area contributed by atoms with E-state index in [4.69, 9.17) is 5.73 Å². The summed E-state index contributed by atoms with van der Waals surface area (Å²) in [5.74, 6) is -0.645. The van der Waals surface area contributed by atoms with Crippen molar-refractivity contribution < 1.29 is 12.8 Å². The van der Waals surface area contributed by atoms with Gasteiger partial charge in [0.25, 0.3) is 0 Å². The van der Waals surface area contributed by atoms with Crippen LogP contribution in [0.1, 0.15) is 16.7 Å². The molecule has 0 aliphatic rings. The Balaban J connectivity index is 2.30. The fourth-order valence-electron chi connectivity index (χ4n) is 1.88. The van der Waals surface area contributed by atoms with Crippen LogP contribution in [0.15, 0.2) is 35.5 Å². The molecule has 0 fully saturated rings. The first-order valence-electron chi connectivity index (χ1n) is 6.26. The van der Waals surface area contributed by atoms with E-state index in [0.717, 1.165) is 17.2 Å². The Bertz CT molecular complexity index is 776. The lowest BCUT2D eigenvalue weighted by Crippen LogP contribution is -2.25. The molecule has 2 aromatic rings. The third kappa shape index (κ3) is 3.37. The Kier molecular flexibility index (Phi) is 4.24. The Labute approximate surface area is 123 Å². The van der Waals surface area contributed by atoms with Gasteiger partial charge in [-0.3, -0.25) is 4.98 Å². The molecule has 0 bridgehead atoms. The van der Waals surface area contributed by atoms with Gasteiger partial charge in [-0.1, -0.05) is 0 Å². The van der Waals surface area contributed by atoms with Crippen molar-refractivity contribution in [3.63, 3.8) is 0 Å². The Morgan fingerprint density at radius 3 is 2.71 bits per heavy atom. The summed E-state index contributed by atoms with van der Waals surface area (Å²) in [6.07, 6.45) is 3.22. The van der Waals surface area contributed by atoms with Crippen LogP contribution in [0.25, 0.3) is 0 Å². The number of halogens is 1. The normalized spacial score (nSPS) is 11.6. The molecule has 0 amide bonds. The number of hydrogen-bond acceptors (Lipinski definition) is 4. The summed E-state index contributed by atoms with van der Waals surface area (Å²) >= 11 is 0. The van der Waals surface area contributed by atoms with Gasteiger partial charge in [0.05, 0.1) is 4.90 Å². The van der Waals surface area contributed by atoms with Crippen molar-refractivity contribution in [1.82, 2.24) is 9.71 Å². The van der Waals surface area contributed by atoms with Crippen LogP contribution in [0, 0.1) is 19.7 Å². The molecule has 0 saturated carbocycles. The molecular formula is C14H16FN3O2S. The van der Waals surface area contributed by atoms with E-state index in [1.54, 1.807) is 18.5 Å². The number of nitrogen functional groups attached to an aromatic ring is 1. The van der Waals surface area contributed by atoms with Gasteiger partial charge in [0.15, 0.2) is 0 Å². The topological polar surface area (TPSA) is 85.1 Å². The van der Waals surface area contributed by atoms with E-state index in [2.05, 4.69) is 9.71 Å². The summed E-state index contributed by atoms with van der Waals surface area (Å²) in [5, 5.41) is 0. The molecule has 0 atom stereocenters. The van der Waals surface area contributed by atoms with E-state index >= 15 is 0 Å². The third-order valence-electron chi connectivity index (χ3n) is 3.21. The molecule has 0 aliphatic carbocycles. The number of benzene rings is 1. The zero-order chi connectivity index (χ0) is 15.6. The summed E-state index contributed by atoms with van der Waals surface area (Å²) in [6, 6.07) is 4.13. The predicted octanol–water partition coefficient (Wildman–Crippen LogP) is 1.90. The molecule has 0 aliphatic heterocycles. The van der Waals surface area contributed by atoms with E-state index in [0.29, 0.717) is 0 Å². The van der Waals surface area contributed by atoms with Crippen LogP contribution in [0.5, 0.6) is 0 Å². The zero-order valence-electron chi connectivity index (χ0n) is 11.7. The first-order valence-corrected chi connectivity index (χ1v) is 7.74. The van der Waals surface area contributed by atoms with Crippen molar-refractivity contribution in [3.05, 3.63) is 53.1 Å². The molecule has 0 unspecified atom stereocenters. The molecular weight excluding hydrogens is 293 g/mol. The highest BCUT2D eigenvalue weighted by atomic mass is 32.2. The van der Waals surface area contributed by atoms with Gasteiger partial charge in [-0.15, -0.1) is 0 Å². The molecule has 0 spiro atoms. The standard InChI is InChI=1S/C14H16FN3O2S/c1-9-3-4-17-7-11(9)8-18-21(19,20)14-6-12(16)5-13(15)10(14)2/h3-7,18H,8,16H2,1-2H3. The number of nitrogens with one attached hydrogen (secondary N) is 1. The van der Waals surface area contributed by atoms with Crippen LogP contribution in [0.2, 0.25) is 0 Å². The van der Waals surface area contributed by atoms with Gasteiger partial charge in [0, 0.05) is 30.2 Å². The highest BCUT2D eigenvalue weighted by Gasteiger charge is 2.19. The van der Waals surface area contributed by atoms with E-state index in [9.17, 15) is 12.8 Å². The lowest BCUT2D eigenvalue weighted by Gasteiger charge is -2.11. The average Bonchev–Trinajstić information content (AvgIpc) is 2.42. The smallest absolute Gasteiger partial charge is 0.241 e. The molecule has 3 N–H and O–H groups in total.